The number of amides is 1. The second-order valence-electron chi connectivity index (χ2n) is 4.42. The molecule has 1 aliphatic heterocycles. The standard InChI is InChI=1S/C14H11BrFNO4/c1-2-7(14(20)21)3-4-17-11-6-10(16)9(15)5-8(11)12(18)13(17)19/h3,5-6H,2,4H2,1H3,(H,20,21). The number of carbonyl (C=O) groups is 3. The Labute approximate surface area is 128 Å². The van der Waals surface area contributed by atoms with E-state index in [0.29, 0.717) is 0 Å². The number of fused-ring (bicyclic) bond motifs is 1. The van der Waals surface area contributed by atoms with Crippen molar-refractivity contribution in [3.63, 3.8) is 0 Å². The molecule has 0 aromatic heterocycles. The fraction of sp³-hybridized carbons (Fsp3) is 0.214. The van der Waals surface area contributed by atoms with Gasteiger partial charge in [-0.2, -0.15) is 0 Å². The summed E-state index contributed by atoms with van der Waals surface area (Å²) in [6.45, 7) is 1.58. The first-order valence-corrected chi connectivity index (χ1v) is 6.93. The summed E-state index contributed by atoms with van der Waals surface area (Å²) in [5.41, 5.74) is 0.388. The van der Waals surface area contributed by atoms with Crippen LogP contribution in [0.1, 0.15) is 23.7 Å². The Morgan fingerprint density at radius 3 is 2.67 bits per heavy atom. The van der Waals surface area contributed by atoms with Gasteiger partial charge in [-0.05, 0) is 34.5 Å². The van der Waals surface area contributed by atoms with E-state index < -0.39 is 23.5 Å². The minimum Gasteiger partial charge on any atom is -0.478 e. The molecule has 0 saturated heterocycles. The summed E-state index contributed by atoms with van der Waals surface area (Å²) in [7, 11) is 0. The molecule has 110 valence electrons. The van der Waals surface area contributed by atoms with Gasteiger partial charge in [0.2, 0.25) is 0 Å². The summed E-state index contributed by atoms with van der Waals surface area (Å²) < 4.78 is 13.7. The first kappa shape index (κ1) is 15.4. The van der Waals surface area contributed by atoms with Crippen LogP contribution in [0.5, 0.6) is 0 Å². The molecule has 1 heterocycles. The number of halogens is 2. The molecule has 0 unspecified atom stereocenters. The minimum absolute atomic E-state index is 0.0892. The molecule has 0 aliphatic carbocycles. The Morgan fingerprint density at radius 2 is 2.10 bits per heavy atom. The summed E-state index contributed by atoms with van der Waals surface area (Å²) in [6, 6.07) is 2.34. The van der Waals surface area contributed by atoms with Crippen LogP contribution in [-0.4, -0.2) is 29.3 Å². The van der Waals surface area contributed by atoms with E-state index in [2.05, 4.69) is 15.9 Å². The van der Waals surface area contributed by atoms with Gasteiger partial charge in [0.1, 0.15) is 5.82 Å². The van der Waals surface area contributed by atoms with Gasteiger partial charge in [0, 0.05) is 12.1 Å². The predicted octanol–water partition coefficient (Wildman–Crippen LogP) is 2.54. The topological polar surface area (TPSA) is 74.7 Å². The molecule has 0 bridgehead atoms. The monoisotopic (exact) mass is 355 g/mol. The average Bonchev–Trinajstić information content (AvgIpc) is 2.65. The third-order valence-corrected chi connectivity index (χ3v) is 3.80. The van der Waals surface area contributed by atoms with E-state index in [9.17, 15) is 18.8 Å². The van der Waals surface area contributed by atoms with E-state index >= 15 is 0 Å². The molecule has 0 fully saturated rings. The summed E-state index contributed by atoms with van der Waals surface area (Å²) in [5, 5.41) is 8.94. The number of carboxylic acids is 1. The zero-order valence-corrected chi connectivity index (χ0v) is 12.6. The highest BCUT2D eigenvalue weighted by atomic mass is 79.9. The van der Waals surface area contributed by atoms with Crippen LogP contribution >= 0.6 is 15.9 Å². The van der Waals surface area contributed by atoms with Gasteiger partial charge in [-0.3, -0.25) is 9.59 Å². The number of hydrogen-bond donors (Lipinski definition) is 1. The second-order valence-corrected chi connectivity index (χ2v) is 5.27. The van der Waals surface area contributed by atoms with Crippen molar-refractivity contribution in [2.75, 3.05) is 11.4 Å². The van der Waals surface area contributed by atoms with Crippen LogP contribution in [0.2, 0.25) is 0 Å². The molecule has 0 saturated carbocycles. The van der Waals surface area contributed by atoms with Crippen molar-refractivity contribution in [2.24, 2.45) is 0 Å². The van der Waals surface area contributed by atoms with Crippen LogP contribution in [-0.2, 0) is 9.59 Å². The van der Waals surface area contributed by atoms with Crippen molar-refractivity contribution >= 4 is 39.3 Å². The molecule has 1 aliphatic rings. The Balaban J connectivity index is 2.39. The van der Waals surface area contributed by atoms with Gasteiger partial charge in [-0.15, -0.1) is 0 Å². The number of Topliss-reactive ketones (excluding diaryl/α,β-unsaturated/α-hetero) is 1. The van der Waals surface area contributed by atoms with Crippen LogP contribution < -0.4 is 4.90 Å². The number of ketones is 1. The van der Waals surface area contributed by atoms with Crippen molar-refractivity contribution in [1.82, 2.24) is 0 Å². The quantitative estimate of drug-likeness (QED) is 0.665. The largest absolute Gasteiger partial charge is 0.478 e. The SMILES string of the molecule is CCC(=CCN1C(=O)C(=O)c2cc(Br)c(F)cc21)C(=O)O. The van der Waals surface area contributed by atoms with Crippen molar-refractivity contribution in [1.29, 1.82) is 0 Å². The Hall–Kier alpha value is -2.02. The maximum Gasteiger partial charge on any atom is 0.331 e. The van der Waals surface area contributed by atoms with Crippen molar-refractivity contribution in [3.8, 4) is 0 Å². The maximum atomic E-state index is 13.6. The van der Waals surface area contributed by atoms with Crippen LogP contribution in [0, 0.1) is 5.82 Å². The van der Waals surface area contributed by atoms with Gasteiger partial charge in [-0.1, -0.05) is 13.0 Å². The number of hydrogen-bond acceptors (Lipinski definition) is 3. The van der Waals surface area contributed by atoms with Crippen molar-refractivity contribution in [2.45, 2.75) is 13.3 Å². The predicted molar refractivity (Wildman–Crippen MR) is 76.8 cm³/mol. The van der Waals surface area contributed by atoms with Crippen molar-refractivity contribution in [3.05, 3.63) is 39.6 Å². The van der Waals surface area contributed by atoms with Gasteiger partial charge in [0.05, 0.1) is 15.7 Å². The first-order valence-electron chi connectivity index (χ1n) is 6.14. The number of carbonyl (C=O) groups excluding carboxylic acids is 2. The third kappa shape index (κ3) is 2.73. The molecule has 1 aromatic rings. The van der Waals surface area contributed by atoms with Gasteiger partial charge < -0.3 is 10.0 Å². The molecule has 0 spiro atoms. The minimum atomic E-state index is -1.09. The van der Waals surface area contributed by atoms with Gasteiger partial charge in [0.25, 0.3) is 11.7 Å². The van der Waals surface area contributed by atoms with Crippen LogP contribution in [0.25, 0.3) is 0 Å². The van der Waals surface area contributed by atoms with E-state index in [4.69, 9.17) is 5.11 Å². The van der Waals surface area contributed by atoms with Crippen LogP contribution in [0.4, 0.5) is 10.1 Å². The number of carboxylic acid groups (broad SMARTS) is 1. The zero-order chi connectivity index (χ0) is 15.7. The molecule has 0 atom stereocenters. The summed E-state index contributed by atoms with van der Waals surface area (Å²) in [5.74, 6) is -3.20. The van der Waals surface area contributed by atoms with Gasteiger partial charge in [0.15, 0.2) is 0 Å². The lowest BCUT2D eigenvalue weighted by Crippen LogP contribution is -2.30. The molecule has 5 nitrogen and oxygen atoms in total. The number of benzene rings is 1. The molecule has 2 rings (SSSR count). The molecular formula is C14H11BrFNO4. The highest BCUT2D eigenvalue weighted by Gasteiger charge is 2.36. The number of aliphatic carboxylic acids is 1. The van der Waals surface area contributed by atoms with Crippen molar-refractivity contribution < 1.29 is 23.9 Å². The highest BCUT2D eigenvalue weighted by molar-refractivity contribution is 9.10. The van der Waals surface area contributed by atoms with Gasteiger partial charge >= 0.3 is 5.97 Å². The first-order chi connectivity index (χ1) is 9.86. The Kier molecular flexibility index (Phi) is 4.22. The molecule has 21 heavy (non-hydrogen) atoms. The fourth-order valence-electron chi connectivity index (χ4n) is 2.05. The fourth-order valence-corrected chi connectivity index (χ4v) is 2.40. The Morgan fingerprint density at radius 1 is 1.43 bits per heavy atom. The zero-order valence-electron chi connectivity index (χ0n) is 11.0. The number of anilines is 1. The highest BCUT2D eigenvalue weighted by Crippen LogP contribution is 2.33. The van der Waals surface area contributed by atoms with E-state index in [0.717, 1.165) is 11.0 Å². The smallest absolute Gasteiger partial charge is 0.331 e. The summed E-state index contributed by atoms with van der Waals surface area (Å²) in [6.07, 6.45) is 1.63. The molecular weight excluding hydrogens is 345 g/mol. The molecule has 1 amide bonds. The lowest BCUT2D eigenvalue weighted by molar-refractivity contribution is -0.132. The summed E-state index contributed by atoms with van der Waals surface area (Å²) >= 11 is 2.96. The third-order valence-electron chi connectivity index (χ3n) is 3.19. The lowest BCUT2D eigenvalue weighted by Gasteiger charge is -2.14. The van der Waals surface area contributed by atoms with E-state index in [1.165, 1.54) is 12.1 Å². The van der Waals surface area contributed by atoms with Crippen LogP contribution in [0.3, 0.4) is 0 Å². The molecule has 1 aromatic carbocycles. The molecule has 1 N–H and O–H groups in total. The normalized spacial score (nSPS) is 14.6. The lowest BCUT2D eigenvalue weighted by atomic mass is 10.1. The number of nitrogens with zero attached hydrogens (tertiary/aromatic N) is 1. The van der Waals surface area contributed by atoms with Gasteiger partial charge in [-0.25, -0.2) is 9.18 Å². The molecule has 7 heteroatoms. The Bertz CT molecular complexity index is 684. The van der Waals surface area contributed by atoms with Crippen LogP contribution in [0.15, 0.2) is 28.3 Å². The number of rotatable bonds is 4. The summed E-state index contributed by atoms with van der Waals surface area (Å²) in [4.78, 5) is 35.8. The van der Waals surface area contributed by atoms with E-state index in [-0.39, 0.29) is 34.3 Å². The second kappa shape index (κ2) is 5.77. The van der Waals surface area contributed by atoms with E-state index in [1.807, 2.05) is 0 Å². The van der Waals surface area contributed by atoms with E-state index in [1.54, 1.807) is 6.92 Å². The molecule has 0 radical (unpaired) electrons. The maximum absolute atomic E-state index is 13.6. The average molecular weight is 356 g/mol.